The summed E-state index contributed by atoms with van der Waals surface area (Å²) in [6.45, 7) is 1.93. The standard InChI is InChI=1S/C12H15NO3S/c1-3-10-9-11(5-6-12(10)16-2)17(14,15)8-4-7-13/h5-6,9H,3-4,8H2,1-2H3. The van der Waals surface area contributed by atoms with Crippen molar-refractivity contribution in [2.45, 2.75) is 24.7 Å². The smallest absolute Gasteiger partial charge is 0.179 e. The van der Waals surface area contributed by atoms with Gasteiger partial charge in [0.15, 0.2) is 9.84 Å². The molecule has 0 atom stereocenters. The van der Waals surface area contributed by atoms with E-state index < -0.39 is 9.84 Å². The molecular weight excluding hydrogens is 238 g/mol. The fourth-order valence-electron chi connectivity index (χ4n) is 1.52. The molecule has 0 saturated heterocycles. The molecule has 0 N–H and O–H groups in total. The predicted molar refractivity (Wildman–Crippen MR) is 64.7 cm³/mol. The molecule has 1 aromatic carbocycles. The molecule has 0 spiro atoms. The average molecular weight is 253 g/mol. The van der Waals surface area contributed by atoms with E-state index in [0.29, 0.717) is 12.2 Å². The van der Waals surface area contributed by atoms with E-state index in [4.69, 9.17) is 10.00 Å². The lowest BCUT2D eigenvalue weighted by atomic mass is 10.1. The van der Waals surface area contributed by atoms with E-state index in [0.717, 1.165) is 5.56 Å². The van der Waals surface area contributed by atoms with Crippen molar-refractivity contribution in [3.8, 4) is 11.8 Å². The largest absolute Gasteiger partial charge is 0.496 e. The lowest BCUT2D eigenvalue weighted by molar-refractivity contribution is 0.409. The minimum absolute atomic E-state index is 0.00974. The van der Waals surface area contributed by atoms with Gasteiger partial charge in [-0.1, -0.05) is 6.92 Å². The van der Waals surface area contributed by atoms with E-state index >= 15 is 0 Å². The third-order valence-corrected chi connectivity index (χ3v) is 4.19. The number of hydrogen-bond donors (Lipinski definition) is 0. The van der Waals surface area contributed by atoms with Gasteiger partial charge in [0.05, 0.1) is 23.8 Å². The van der Waals surface area contributed by atoms with Gasteiger partial charge in [0.1, 0.15) is 5.75 Å². The van der Waals surface area contributed by atoms with Crippen molar-refractivity contribution in [1.29, 1.82) is 5.26 Å². The zero-order chi connectivity index (χ0) is 12.9. The van der Waals surface area contributed by atoms with E-state index in [1.54, 1.807) is 19.2 Å². The summed E-state index contributed by atoms with van der Waals surface area (Å²) in [5.41, 5.74) is 0.852. The molecule has 0 aliphatic carbocycles. The first-order chi connectivity index (χ1) is 8.05. The molecule has 1 aromatic rings. The molecule has 0 amide bonds. The Kier molecular flexibility index (Phi) is 4.53. The predicted octanol–water partition coefficient (Wildman–Crippen LogP) is 1.94. The first kappa shape index (κ1) is 13.5. The Morgan fingerprint density at radius 3 is 2.65 bits per heavy atom. The number of sulfone groups is 1. The topological polar surface area (TPSA) is 67.2 Å². The highest BCUT2D eigenvalue weighted by molar-refractivity contribution is 7.91. The zero-order valence-corrected chi connectivity index (χ0v) is 10.8. The van der Waals surface area contributed by atoms with Crippen LogP contribution in [0.4, 0.5) is 0 Å². The second-order valence-corrected chi connectivity index (χ2v) is 5.66. The summed E-state index contributed by atoms with van der Waals surface area (Å²) in [6.07, 6.45) is 0.709. The normalized spacial score (nSPS) is 10.9. The summed E-state index contributed by atoms with van der Waals surface area (Å²) in [6, 6.07) is 6.63. The van der Waals surface area contributed by atoms with Crippen LogP contribution in [0.2, 0.25) is 0 Å². The molecule has 92 valence electrons. The summed E-state index contributed by atoms with van der Waals surface area (Å²) in [7, 11) is -1.80. The van der Waals surface area contributed by atoms with Gasteiger partial charge < -0.3 is 4.74 Å². The Bertz CT molecular complexity index is 529. The fraction of sp³-hybridized carbons (Fsp3) is 0.417. The monoisotopic (exact) mass is 253 g/mol. The maximum atomic E-state index is 11.9. The molecule has 4 nitrogen and oxygen atoms in total. The number of aryl methyl sites for hydroxylation is 1. The van der Waals surface area contributed by atoms with Gasteiger partial charge in [-0.25, -0.2) is 8.42 Å². The zero-order valence-electron chi connectivity index (χ0n) is 9.93. The van der Waals surface area contributed by atoms with Crippen LogP contribution in [0.3, 0.4) is 0 Å². The molecule has 0 aliphatic rings. The van der Waals surface area contributed by atoms with Gasteiger partial charge in [0.2, 0.25) is 0 Å². The fourth-order valence-corrected chi connectivity index (χ4v) is 2.72. The van der Waals surface area contributed by atoms with Crippen LogP contribution in [0.15, 0.2) is 23.1 Å². The quantitative estimate of drug-likeness (QED) is 0.804. The maximum Gasteiger partial charge on any atom is 0.179 e. The molecule has 0 radical (unpaired) electrons. The van der Waals surface area contributed by atoms with E-state index in [1.807, 2.05) is 13.0 Å². The molecule has 0 saturated carbocycles. The van der Waals surface area contributed by atoms with Crippen LogP contribution in [0, 0.1) is 11.3 Å². The molecule has 0 unspecified atom stereocenters. The second kappa shape index (κ2) is 5.69. The average Bonchev–Trinajstić information content (AvgIpc) is 2.35. The van der Waals surface area contributed by atoms with E-state index in [9.17, 15) is 8.42 Å². The third kappa shape index (κ3) is 3.21. The number of nitrogens with zero attached hydrogens (tertiary/aromatic N) is 1. The van der Waals surface area contributed by atoms with Crippen molar-refractivity contribution in [3.05, 3.63) is 23.8 Å². The Morgan fingerprint density at radius 2 is 2.12 bits per heavy atom. The van der Waals surface area contributed by atoms with E-state index in [2.05, 4.69) is 0 Å². The van der Waals surface area contributed by atoms with Crippen LogP contribution in [0.5, 0.6) is 5.75 Å². The van der Waals surface area contributed by atoms with Crippen LogP contribution in [-0.4, -0.2) is 21.3 Å². The minimum atomic E-state index is -3.36. The number of benzene rings is 1. The first-order valence-corrected chi connectivity index (χ1v) is 6.97. The molecule has 0 bridgehead atoms. The summed E-state index contributed by atoms with van der Waals surface area (Å²) in [5.74, 6) is 0.547. The highest BCUT2D eigenvalue weighted by atomic mass is 32.2. The molecule has 0 aromatic heterocycles. The minimum Gasteiger partial charge on any atom is -0.496 e. The van der Waals surface area contributed by atoms with E-state index in [1.165, 1.54) is 6.07 Å². The first-order valence-electron chi connectivity index (χ1n) is 5.31. The van der Waals surface area contributed by atoms with E-state index in [-0.39, 0.29) is 17.1 Å². The summed E-state index contributed by atoms with van der Waals surface area (Å²) in [5, 5.41) is 8.42. The highest BCUT2D eigenvalue weighted by Gasteiger charge is 2.15. The number of rotatable bonds is 5. The van der Waals surface area contributed by atoms with Gasteiger partial charge in [-0.3, -0.25) is 0 Å². The molecule has 17 heavy (non-hydrogen) atoms. The van der Waals surface area contributed by atoms with Crippen molar-refractivity contribution >= 4 is 9.84 Å². The van der Waals surface area contributed by atoms with Crippen molar-refractivity contribution in [1.82, 2.24) is 0 Å². The van der Waals surface area contributed by atoms with Gasteiger partial charge in [-0.2, -0.15) is 5.26 Å². The SMILES string of the molecule is CCc1cc(S(=O)(=O)CCC#N)ccc1OC. The molecule has 0 heterocycles. The summed E-state index contributed by atoms with van der Waals surface area (Å²) in [4.78, 5) is 0.255. The van der Waals surface area contributed by atoms with Gasteiger partial charge in [-0.15, -0.1) is 0 Å². The lowest BCUT2D eigenvalue weighted by Crippen LogP contribution is -2.07. The third-order valence-electron chi connectivity index (χ3n) is 2.47. The van der Waals surface area contributed by atoms with Gasteiger partial charge >= 0.3 is 0 Å². The van der Waals surface area contributed by atoms with Crippen molar-refractivity contribution in [3.63, 3.8) is 0 Å². The molecular formula is C12H15NO3S. The van der Waals surface area contributed by atoms with Crippen LogP contribution < -0.4 is 4.74 Å². The number of ether oxygens (including phenoxy) is 1. The Morgan fingerprint density at radius 1 is 1.41 bits per heavy atom. The number of methoxy groups -OCH3 is 1. The Hall–Kier alpha value is -1.54. The number of nitriles is 1. The second-order valence-electron chi connectivity index (χ2n) is 3.55. The Balaban J connectivity index is 3.12. The van der Waals surface area contributed by atoms with Gasteiger partial charge in [0, 0.05) is 6.42 Å². The highest BCUT2D eigenvalue weighted by Crippen LogP contribution is 2.23. The molecule has 1 rings (SSSR count). The Labute approximate surface area is 102 Å². The van der Waals surface area contributed by atoms with Crippen molar-refractivity contribution < 1.29 is 13.2 Å². The molecule has 5 heteroatoms. The number of hydrogen-bond acceptors (Lipinski definition) is 4. The van der Waals surface area contributed by atoms with Crippen LogP contribution >= 0.6 is 0 Å². The van der Waals surface area contributed by atoms with Crippen LogP contribution in [0.25, 0.3) is 0 Å². The van der Waals surface area contributed by atoms with Crippen molar-refractivity contribution in [2.24, 2.45) is 0 Å². The molecule has 0 fully saturated rings. The molecule has 0 aliphatic heterocycles. The maximum absolute atomic E-state index is 11.9. The summed E-state index contributed by atoms with van der Waals surface area (Å²) >= 11 is 0. The van der Waals surface area contributed by atoms with Gasteiger partial charge in [-0.05, 0) is 30.2 Å². The summed E-state index contributed by atoms with van der Waals surface area (Å²) < 4.78 is 28.9. The van der Waals surface area contributed by atoms with Crippen molar-refractivity contribution in [2.75, 3.05) is 12.9 Å². The lowest BCUT2D eigenvalue weighted by Gasteiger charge is -2.09. The van der Waals surface area contributed by atoms with Crippen LogP contribution in [0.1, 0.15) is 18.9 Å². The van der Waals surface area contributed by atoms with Gasteiger partial charge in [0.25, 0.3) is 0 Å². The van der Waals surface area contributed by atoms with Crippen LogP contribution in [-0.2, 0) is 16.3 Å².